The normalized spacial score (nSPS) is 13.8. The van der Waals surface area contributed by atoms with Gasteiger partial charge in [-0.2, -0.15) is 9.97 Å². The number of nitrogens with one attached hydrogen (secondary N) is 1. The van der Waals surface area contributed by atoms with Gasteiger partial charge in [0.25, 0.3) is 0 Å². The second-order valence-electron chi connectivity index (χ2n) is 8.03. The number of anilines is 2. The first kappa shape index (κ1) is 23.9. The van der Waals surface area contributed by atoms with E-state index in [2.05, 4.69) is 32.2 Å². The molecule has 1 aliphatic heterocycles. The molecule has 0 spiro atoms. The molecular weight excluding hydrogens is 459 g/mol. The minimum Gasteiger partial charge on any atom is -0.467 e. The summed E-state index contributed by atoms with van der Waals surface area (Å²) in [5.74, 6) is 0.116. The topological polar surface area (TPSA) is 120 Å². The smallest absolute Gasteiger partial charge is 0.318 e. The number of pyridine rings is 1. The number of hydrogen-bond acceptors (Lipinski definition) is 8. The molecule has 180 valence electrons. The first-order chi connectivity index (χ1) is 16.4. The molecule has 9 nitrogen and oxygen atoms in total. The van der Waals surface area contributed by atoms with Crippen molar-refractivity contribution in [3.8, 4) is 17.3 Å². The Kier molecular flexibility index (Phi) is 7.30. The molecule has 3 aromatic heterocycles. The van der Waals surface area contributed by atoms with E-state index in [9.17, 15) is 0 Å². The van der Waals surface area contributed by atoms with Crippen molar-refractivity contribution in [2.24, 2.45) is 5.73 Å². The van der Waals surface area contributed by atoms with Crippen molar-refractivity contribution in [1.82, 2.24) is 24.3 Å². The highest BCUT2D eigenvalue weighted by atomic mass is 35.5. The van der Waals surface area contributed by atoms with Gasteiger partial charge in [-0.3, -0.25) is 4.40 Å². The number of hydrogen-bond donors (Lipinski definition) is 3. The van der Waals surface area contributed by atoms with Crippen molar-refractivity contribution in [2.45, 2.75) is 12.8 Å². The van der Waals surface area contributed by atoms with Gasteiger partial charge in [0.2, 0.25) is 0 Å². The number of likely N-dealkylation sites (tertiary alicyclic amines) is 1. The number of nitrogens with zero attached hydrogens (tertiary/aromatic N) is 5. The number of benzene rings is 1. The minimum absolute atomic E-state index is 0.0317. The maximum Gasteiger partial charge on any atom is 0.318 e. The summed E-state index contributed by atoms with van der Waals surface area (Å²) in [5.41, 5.74) is 12.7. The number of ether oxygens (including phenoxy) is 1. The summed E-state index contributed by atoms with van der Waals surface area (Å²) in [6.07, 6.45) is 4.44. The number of halogens is 2. The molecule has 0 radical (unpaired) electrons. The van der Waals surface area contributed by atoms with Crippen molar-refractivity contribution >= 4 is 39.8 Å². The van der Waals surface area contributed by atoms with Crippen LogP contribution in [-0.2, 0) is 0 Å². The van der Waals surface area contributed by atoms with Gasteiger partial charge < -0.3 is 26.4 Å². The fourth-order valence-electron chi connectivity index (χ4n) is 3.94. The number of fused-ring (bicyclic) bond motifs is 2. The molecule has 0 bridgehead atoms. The molecular formula is C23H28ClFN8O. The lowest BCUT2D eigenvalue weighted by atomic mass is 10.1. The summed E-state index contributed by atoms with van der Waals surface area (Å²) in [6.45, 7) is 3.47. The van der Waals surface area contributed by atoms with Crippen LogP contribution in [0.5, 0.6) is 6.01 Å². The van der Waals surface area contributed by atoms with E-state index in [1.54, 1.807) is 34.9 Å². The Morgan fingerprint density at radius 3 is 2.62 bits per heavy atom. The summed E-state index contributed by atoms with van der Waals surface area (Å²) in [6, 6.07) is 6.91. The van der Waals surface area contributed by atoms with Crippen molar-refractivity contribution in [3.05, 3.63) is 41.3 Å². The summed E-state index contributed by atoms with van der Waals surface area (Å²) in [5, 5.41) is 3.68. The average Bonchev–Trinajstić information content (AvgIpc) is 3.46. The zero-order valence-electron chi connectivity index (χ0n) is 19.2. The zero-order valence-corrected chi connectivity index (χ0v) is 19.9. The van der Waals surface area contributed by atoms with Crippen LogP contribution >= 0.6 is 11.6 Å². The Bertz CT molecular complexity index is 1310. The number of nitrogens with two attached hydrogens (primary N) is 2. The van der Waals surface area contributed by atoms with E-state index in [1.165, 1.54) is 33.0 Å². The Labute approximate surface area is 201 Å². The number of methoxy groups -OCH3 is 1. The van der Waals surface area contributed by atoms with E-state index in [0.717, 1.165) is 0 Å². The third-order valence-electron chi connectivity index (χ3n) is 5.58. The number of aromatic nitrogens is 4. The first-order valence-corrected chi connectivity index (χ1v) is 11.4. The SMILES string of the molecule is CN1CCCC1.COc1nc(NCCN)c2cc(Cl)c(-c3cccc4nc(N)cn34)c(F)c2n1. The molecule has 11 heteroatoms. The van der Waals surface area contributed by atoms with Crippen molar-refractivity contribution in [1.29, 1.82) is 0 Å². The predicted octanol–water partition coefficient (Wildman–Crippen LogP) is 3.41. The third kappa shape index (κ3) is 4.84. The van der Waals surface area contributed by atoms with Crippen molar-refractivity contribution in [2.75, 3.05) is 51.4 Å². The van der Waals surface area contributed by atoms with Crippen LogP contribution in [0.15, 0.2) is 30.5 Å². The highest BCUT2D eigenvalue weighted by molar-refractivity contribution is 6.34. The Morgan fingerprint density at radius 2 is 1.97 bits per heavy atom. The molecule has 0 amide bonds. The van der Waals surface area contributed by atoms with Gasteiger partial charge in [0.1, 0.15) is 22.8 Å². The molecule has 4 heterocycles. The average molecular weight is 487 g/mol. The summed E-state index contributed by atoms with van der Waals surface area (Å²) < 4.78 is 22.4. The largest absolute Gasteiger partial charge is 0.467 e. The summed E-state index contributed by atoms with van der Waals surface area (Å²) >= 11 is 6.49. The molecule has 1 aromatic carbocycles. The van der Waals surface area contributed by atoms with E-state index in [-0.39, 0.29) is 22.1 Å². The number of imidazole rings is 1. The van der Waals surface area contributed by atoms with Crippen LogP contribution in [0.1, 0.15) is 12.8 Å². The molecule has 0 aliphatic carbocycles. The van der Waals surface area contributed by atoms with Crippen LogP contribution < -0.4 is 21.5 Å². The summed E-state index contributed by atoms with van der Waals surface area (Å²) in [7, 11) is 3.59. The second kappa shape index (κ2) is 10.4. The molecule has 5 N–H and O–H groups in total. The van der Waals surface area contributed by atoms with Crippen LogP contribution in [0.25, 0.3) is 27.8 Å². The zero-order chi connectivity index (χ0) is 24.2. The van der Waals surface area contributed by atoms with Gasteiger partial charge in [-0.1, -0.05) is 17.7 Å². The van der Waals surface area contributed by atoms with Gasteiger partial charge in [-0.15, -0.1) is 0 Å². The minimum atomic E-state index is -0.598. The highest BCUT2D eigenvalue weighted by Crippen LogP contribution is 2.38. The monoisotopic (exact) mass is 486 g/mol. The molecule has 0 unspecified atom stereocenters. The maximum atomic E-state index is 15.6. The van der Waals surface area contributed by atoms with Crippen LogP contribution in [0, 0.1) is 5.82 Å². The Morgan fingerprint density at radius 1 is 1.21 bits per heavy atom. The molecule has 1 fully saturated rings. The molecule has 1 saturated heterocycles. The molecule has 0 atom stereocenters. The third-order valence-corrected chi connectivity index (χ3v) is 5.88. The van der Waals surface area contributed by atoms with E-state index < -0.39 is 5.82 Å². The van der Waals surface area contributed by atoms with Gasteiger partial charge in [-0.05, 0) is 51.2 Å². The maximum absolute atomic E-state index is 15.6. The van der Waals surface area contributed by atoms with E-state index in [1.807, 2.05) is 0 Å². The van der Waals surface area contributed by atoms with Gasteiger partial charge in [0, 0.05) is 18.5 Å². The van der Waals surface area contributed by atoms with Crippen LogP contribution in [0.3, 0.4) is 0 Å². The van der Waals surface area contributed by atoms with Gasteiger partial charge in [0.15, 0.2) is 5.82 Å². The fourth-order valence-corrected chi connectivity index (χ4v) is 4.22. The number of rotatable bonds is 5. The van der Waals surface area contributed by atoms with Gasteiger partial charge in [0.05, 0.1) is 29.6 Å². The standard InChI is InChI=1S/C18H17ClFN7O.C5H11N/c1-28-18-25-16-9(17(26-18)23-6-5-21)7-10(19)14(15(16)20)11-3-2-4-13-24-12(22)8-27(11)13;1-6-4-2-3-5-6/h2-4,7-8H,5-6,21-22H2,1H3,(H,23,25,26);2-5H2,1H3. The lowest BCUT2D eigenvalue weighted by Gasteiger charge is -2.14. The lowest BCUT2D eigenvalue weighted by molar-refractivity contribution is 0.382. The molecule has 4 aromatic rings. The first-order valence-electron chi connectivity index (χ1n) is 11.0. The quantitative estimate of drug-likeness (QED) is 0.392. The highest BCUT2D eigenvalue weighted by Gasteiger charge is 2.21. The molecule has 0 saturated carbocycles. The molecule has 34 heavy (non-hydrogen) atoms. The van der Waals surface area contributed by atoms with Crippen LogP contribution in [0.2, 0.25) is 5.02 Å². The van der Waals surface area contributed by atoms with Crippen LogP contribution in [-0.4, -0.2) is 64.6 Å². The van der Waals surface area contributed by atoms with Gasteiger partial charge >= 0.3 is 6.01 Å². The van der Waals surface area contributed by atoms with E-state index in [4.69, 9.17) is 27.8 Å². The van der Waals surface area contributed by atoms with Crippen molar-refractivity contribution in [3.63, 3.8) is 0 Å². The number of nitrogen functional groups attached to an aromatic ring is 1. The summed E-state index contributed by atoms with van der Waals surface area (Å²) in [4.78, 5) is 15.0. The Balaban J connectivity index is 0.000000398. The second-order valence-corrected chi connectivity index (χ2v) is 8.44. The van der Waals surface area contributed by atoms with Crippen LogP contribution in [0.4, 0.5) is 16.0 Å². The molecule has 5 rings (SSSR count). The van der Waals surface area contributed by atoms with Gasteiger partial charge in [-0.25, -0.2) is 9.37 Å². The van der Waals surface area contributed by atoms with E-state index >= 15 is 4.39 Å². The predicted molar refractivity (Wildman–Crippen MR) is 134 cm³/mol. The Hall–Kier alpha value is -3.21. The van der Waals surface area contributed by atoms with Crippen molar-refractivity contribution < 1.29 is 9.13 Å². The fraction of sp³-hybridized carbons (Fsp3) is 0.348. The molecule has 1 aliphatic rings. The lowest BCUT2D eigenvalue weighted by Crippen LogP contribution is -2.15. The van der Waals surface area contributed by atoms with E-state index in [0.29, 0.717) is 41.5 Å².